The van der Waals surface area contributed by atoms with Gasteiger partial charge in [0.15, 0.2) is 22.8 Å². The molecule has 2 aromatic carbocycles. The first-order chi connectivity index (χ1) is 52.5. The maximum Gasteiger partial charge on any atom is 0.343 e. The summed E-state index contributed by atoms with van der Waals surface area (Å²) in [5, 5.41) is 46.0. The number of esters is 2. The number of nitrogens with one attached hydrogen (secondary N) is 5. The molecule has 6 aromatic rings. The van der Waals surface area contributed by atoms with Crippen molar-refractivity contribution in [1.82, 2.24) is 45.7 Å². The molecule has 0 unspecified atom stereocenters. The van der Waals surface area contributed by atoms with E-state index in [9.17, 15) is 76.5 Å². The van der Waals surface area contributed by atoms with Gasteiger partial charge >= 0.3 is 17.9 Å². The van der Waals surface area contributed by atoms with Crippen molar-refractivity contribution >= 4 is 104 Å². The smallest absolute Gasteiger partial charge is 0.343 e. The Labute approximate surface area is 665 Å². The van der Waals surface area contributed by atoms with Gasteiger partial charge in [-0.2, -0.15) is 0 Å². The van der Waals surface area contributed by atoms with Crippen LogP contribution in [-0.4, -0.2) is 129 Å². The number of aliphatic hydroxyl groups is 2. The SMILES string of the molecule is C.C.CC(C)C(=O)N[C@H](C)C(=O)C[C@@H](C)C(=O)NCSCCCCCC(=O)O.CC[C@@]1(O)C(=O)OCc2c1cc1n(c2=O)Cc2c-1nc1cc(F)c(C)cc1c2CN.CC[C@@]1(O)C(=O)OCc2c1cc1n(c2=O)Cc2c-1nc1cc(F)c(C)cc1c2CNC(=O)CCCCCSCNC(=O)[C@H](C)CC(=O)[C@@H](C)NC(=O)C(C)C. The predicted molar refractivity (Wildman–Crippen MR) is 430 cm³/mol. The Morgan fingerprint density at radius 3 is 1.35 bits per heavy atom. The van der Waals surface area contributed by atoms with Crippen LogP contribution in [0.4, 0.5) is 8.78 Å². The summed E-state index contributed by atoms with van der Waals surface area (Å²) < 4.78 is 42.3. The molecule has 27 nitrogen and oxygen atoms in total. The number of unbranched alkanes of at least 4 members (excludes halogenated alkanes) is 4. The van der Waals surface area contributed by atoms with Gasteiger partial charge in [0.1, 0.15) is 24.8 Å². The van der Waals surface area contributed by atoms with Gasteiger partial charge in [-0.15, -0.1) is 23.5 Å². The molecule has 113 heavy (non-hydrogen) atoms. The average Bonchev–Trinajstić information content (AvgIpc) is 1.59. The lowest BCUT2D eigenvalue weighted by molar-refractivity contribution is -0.172. The number of amides is 5. The molecule has 4 aliphatic rings. The number of ketones is 2. The van der Waals surface area contributed by atoms with Crippen molar-refractivity contribution in [3.8, 4) is 22.8 Å². The van der Waals surface area contributed by atoms with Crippen LogP contribution in [0.1, 0.15) is 217 Å². The standard InChI is InChI=1S/C40H50FN5O8S.C22H20FN3O4.C18H32N2O5S.2CH4/c1-7-40(53)29-15-32-35-27(18-46(32)38(51)28(29)19-54-39(40)52)26(25-13-22(4)30(41)16-31(25)45-35)17-42-34(48)11-9-8-10-12-55-20-43-37(50)23(5)14-33(47)24(6)44-36(49)21(2)3;1-3-22(29)15-5-18-19-13(8-26(18)20(27)14(15)9-30-21(22)28)12(7-24)11-4-10(2)16(23)6-17(11)25-19;1-12(2)17(24)20-14(4)15(21)10-13(3)18(25)19-11-26-9-7-5-6-8-16(22)23;;/h13,15-16,21,23-24,53H,7-12,14,17-20H2,1-6H3,(H,42,48)(H,43,50)(H,44,49);4-6,29H,3,7-9,24H2,1-2H3;12-14H,5-11H2,1-4H3,(H,19,25)(H,20,24)(H,22,23);2*1H4/t23-,24-,40+;22-;13-,14-;;/m101../s1. The van der Waals surface area contributed by atoms with E-state index >= 15 is 0 Å². The van der Waals surface area contributed by atoms with Crippen LogP contribution in [0.3, 0.4) is 0 Å². The molecule has 10 N–H and O–H groups in total. The van der Waals surface area contributed by atoms with E-state index in [4.69, 9.17) is 25.3 Å². The number of aryl methyl sites for hydroxylation is 2. The topological polar surface area (TPSA) is 406 Å². The number of aromatic nitrogens is 4. The summed E-state index contributed by atoms with van der Waals surface area (Å²) >= 11 is 3.13. The number of fused-ring (bicyclic) bond motifs is 10. The maximum absolute atomic E-state index is 14.8. The minimum atomic E-state index is -1.98. The van der Waals surface area contributed by atoms with Gasteiger partial charge in [-0.25, -0.2) is 28.3 Å². The lowest BCUT2D eigenvalue weighted by Crippen LogP contribution is -2.44. The van der Waals surface area contributed by atoms with Crippen LogP contribution in [0, 0.1) is 49.2 Å². The molecule has 10 rings (SSSR count). The second-order valence-electron chi connectivity index (χ2n) is 29.4. The highest BCUT2D eigenvalue weighted by molar-refractivity contribution is 7.99. The van der Waals surface area contributed by atoms with E-state index in [1.54, 1.807) is 135 Å². The van der Waals surface area contributed by atoms with E-state index in [2.05, 4.69) is 31.6 Å². The number of halogens is 2. The number of benzene rings is 2. The number of thioether (sulfide) groups is 2. The van der Waals surface area contributed by atoms with Gasteiger partial charge in [0.05, 0.1) is 81.9 Å². The highest BCUT2D eigenvalue weighted by atomic mass is 32.2. The second kappa shape index (κ2) is 40.6. The Morgan fingerprint density at radius 1 is 0.558 bits per heavy atom. The molecule has 8 heterocycles. The van der Waals surface area contributed by atoms with Crippen LogP contribution >= 0.6 is 23.5 Å². The van der Waals surface area contributed by atoms with E-state index in [0.717, 1.165) is 53.7 Å². The zero-order chi connectivity index (χ0) is 81.7. The first kappa shape index (κ1) is 92.6. The highest BCUT2D eigenvalue weighted by Crippen LogP contribution is 2.43. The highest BCUT2D eigenvalue weighted by Gasteiger charge is 2.47. The Morgan fingerprint density at radius 2 is 0.956 bits per heavy atom. The van der Waals surface area contributed by atoms with Crippen LogP contribution in [0.15, 0.2) is 46.0 Å². The molecule has 31 heteroatoms. The minimum Gasteiger partial charge on any atom is -0.481 e. The lowest BCUT2D eigenvalue weighted by atomic mass is 9.86. The fraction of sp³-hybridized carbons (Fsp3) is 0.537. The third-order valence-electron chi connectivity index (χ3n) is 20.5. The number of carboxylic acids is 1. The Bertz CT molecular complexity index is 4740. The van der Waals surface area contributed by atoms with Crippen molar-refractivity contribution in [2.24, 2.45) is 29.4 Å². The molecule has 0 bridgehead atoms. The summed E-state index contributed by atoms with van der Waals surface area (Å²) in [6, 6.07) is 8.10. The summed E-state index contributed by atoms with van der Waals surface area (Å²) in [4.78, 5) is 157. The number of nitrogens with two attached hydrogens (primary N) is 1. The molecule has 0 spiro atoms. The van der Waals surface area contributed by atoms with E-state index in [1.165, 1.54) is 16.7 Å². The summed E-state index contributed by atoms with van der Waals surface area (Å²) in [5.41, 5.74) is 8.84. The number of hydrogen-bond acceptors (Lipinski definition) is 21. The van der Waals surface area contributed by atoms with Gasteiger partial charge < -0.3 is 66.2 Å². The fourth-order valence-electron chi connectivity index (χ4n) is 13.4. The van der Waals surface area contributed by atoms with Gasteiger partial charge in [-0.05, 0) is 124 Å². The zero-order valence-electron chi connectivity index (χ0n) is 65.0. The number of rotatable bonds is 33. The quantitative estimate of drug-likeness (QED) is 0.0105. The summed E-state index contributed by atoms with van der Waals surface area (Å²) in [6.45, 7) is 20.5. The molecule has 4 aromatic heterocycles. The number of hydrogen-bond donors (Lipinski definition) is 9. The monoisotopic (exact) mass is 1610 g/mol. The van der Waals surface area contributed by atoms with Crippen LogP contribution in [0.5, 0.6) is 0 Å². The number of carbonyl (C=O) groups excluding carboxylic acids is 9. The van der Waals surface area contributed by atoms with Gasteiger partial charge in [0.25, 0.3) is 11.1 Å². The maximum atomic E-state index is 14.8. The number of nitrogens with zero attached hydrogens (tertiary/aromatic N) is 4. The molecule has 6 atom stereocenters. The number of ether oxygens (including phenoxy) is 2. The van der Waals surface area contributed by atoms with Crippen LogP contribution < -0.4 is 43.4 Å². The van der Waals surface area contributed by atoms with Gasteiger partial charge in [0.2, 0.25) is 29.5 Å². The van der Waals surface area contributed by atoms with E-state index in [0.29, 0.717) is 86.0 Å². The third-order valence-corrected chi connectivity index (χ3v) is 22.4. The Kier molecular flexibility index (Phi) is 33.3. The molecule has 0 radical (unpaired) electrons. The van der Waals surface area contributed by atoms with Crippen LogP contribution in [-0.2, 0) is 108 Å². The number of cyclic esters (lactones) is 2. The third kappa shape index (κ3) is 21.6. The molecule has 616 valence electrons. The normalized spacial score (nSPS) is 16.4. The van der Waals surface area contributed by atoms with Crippen molar-refractivity contribution < 1.29 is 81.5 Å². The van der Waals surface area contributed by atoms with E-state index in [-0.39, 0.29) is 179 Å². The number of carboxylic acid groups (broad SMARTS) is 1. The molecule has 5 amide bonds. The fourth-order valence-corrected chi connectivity index (χ4v) is 15.0. The molecule has 4 aliphatic heterocycles. The largest absolute Gasteiger partial charge is 0.481 e. The average molecular weight is 1610 g/mol. The minimum absolute atomic E-state index is 0. The number of pyridine rings is 4. The molecular formula is C82H110F2N10O17S2. The van der Waals surface area contributed by atoms with Crippen molar-refractivity contribution in [3.63, 3.8) is 0 Å². The molecule has 0 saturated carbocycles. The molecular weight excluding hydrogens is 1500 g/mol. The van der Waals surface area contributed by atoms with Crippen molar-refractivity contribution in [1.29, 1.82) is 0 Å². The van der Waals surface area contributed by atoms with Crippen molar-refractivity contribution in [2.75, 3.05) is 23.3 Å². The van der Waals surface area contributed by atoms with Crippen molar-refractivity contribution in [2.45, 2.75) is 238 Å². The van der Waals surface area contributed by atoms with Gasteiger partial charge in [-0.1, -0.05) is 83.1 Å². The lowest BCUT2D eigenvalue weighted by Gasteiger charge is -2.31. The van der Waals surface area contributed by atoms with Gasteiger partial charge in [0, 0.05) is 108 Å². The summed E-state index contributed by atoms with van der Waals surface area (Å²) in [5.74, 6) is -3.38. The van der Waals surface area contributed by atoms with E-state index < -0.39 is 64.4 Å². The zero-order valence-corrected chi connectivity index (χ0v) is 66.6. The number of carbonyl (C=O) groups is 10. The molecule has 0 aliphatic carbocycles. The number of aliphatic carboxylic acids is 1. The van der Waals surface area contributed by atoms with Gasteiger partial charge in [-0.3, -0.25) is 47.9 Å². The first-order valence-corrected chi connectivity index (χ1v) is 40.0. The summed E-state index contributed by atoms with van der Waals surface area (Å²) in [7, 11) is 0. The van der Waals surface area contributed by atoms with Crippen molar-refractivity contribution in [3.05, 3.63) is 124 Å². The van der Waals surface area contributed by atoms with E-state index in [1.807, 2.05) is 0 Å². The van der Waals surface area contributed by atoms with Crippen LogP contribution in [0.2, 0.25) is 0 Å². The summed E-state index contributed by atoms with van der Waals surface area (Å²) in [6.07, 6.45) is 5.41. The predicted octanol–water partition coefficient (Wildman–Crippen LogP) is 9.72. The molecule has 0 fully saturated rings. The Balaban J connectivity index is 0.000000289. The second-order valence-corrected chi connectivity index (χ2v) is 31.6. The Hall–Kier alpha value is -9.30. The first-order valence-electron chi connectivity index (χ1n) is 37.6. The van der Waals surface area contributed by atoms with Crippen LogP contribution in [0.25, 0.3) is 44.6 Å². The molecule has 0 saturated heterocycles. The number of Topliss-reactive ketones (excluding diaryl/α,β-unsaturated/α-hetero) is 2.